The van der Waals surface area contributed by atoms with E-state index in [0.717, 1.165) is 36.4 Å². The van der Waals surface area contributed by atoms with Gasteiger partial charge in [0.1, 0.15) is 20.2 Å². The van der Waals surface area contributed by atoms with E-state index in [2.05, 4.69) is 18.1 Å². The Hall–Kier alpha value is -7.36. The van der Waals surface area contributed by atoms with Crippen molar-refractivity contribution in [2.75, 3.05) is 59.3 Å². The van der Waals surface area contributed by atoms with Gasteiger partial charge in [-0.25, -0.2) is 13.7 Å². The van der Waals surface area contributed by atoms with E-state index in [1.165, 1.54) is 11.1 Å². The lowest BCUT2D eigenvalue weighted by molar-refractivity contribution is -0.230. The van der Waals surface area contributed by atoms with Crippen molar-refractivity contribution in [1.29, 1.82) is 0 Å². The van der Waals surface area contributed by atoms with Crippen LogP contribution in [0.25, 0.3) is 64.6 Å². The minimum atomic E-state index is -5.54. The van der Waals surface area contributed by atoms with Crippen LogP contribution in [0.2, 0.25) is 0 Å². The third-order valence-corrected chi connectivity index (χ3v) is 17.8. The van der Waals surface area contributed by atoms with Crippen LogP contribution in [0.1, 0.15) is 0 Å². The molecular formula is C47H42F2N8O30P4-4. The maximum Gasteiger partial charge on any atom is 0.269 e. The van der Waals surface area contributed by atoms with Gasteiger partial charge in [0, 0.05) is 38.1 Å². The molecule has 0 saturated carbocycles. The summed E-state index contributed by atoms with van der Waals surface area (Å²) in [6.45, 7) is -12.8. The van der Waals surface area contributed by atoms with Crippen molar-refractivity contribution in [3.8, 4) is 0 Å². The fourth-order valence-corrected chi connectivity index (χ4v) is 12.2. The summed E-state index contributed by atoms with van der Waals surface area (Å²) in [5.74, 6) is -2.01. The molecule has 0 spiro atoms. The molecule has 9 aromatic rings. The van der Waals surface area contributed by atoms with Gasteiger partial charge in [-0.1, -0.05) is 0 Å². The predicted molar refractivity (Wildman–Crippen MR) is 297 cm³/mol. The Morgan fingerprint density at radius 3 is 0.725 bits per heavy atom. The molecule has 3 aromatic carbocycles. The van der Waals surface area contributed by atoms with Gasteiger partial charge in [-0.15, -0.1) is 8.96 Å². The maximum atomic E-state index is 13.4. The first kappa shape index (κ1) is 68.0. The topological polar surface area (TPSA) is 533 Å². The third-order valence-electron chi connectivity index (χ3n) is 14.1. The van der Waals surface area contributed by atoms with Crippen LogP contribution in [0.4, 0.5) is 8.96 Å². The quantitative estimate of drug-likeness (QED) is 0.0220. The zero-order chi connectivity index (χ0) is 66.4. The second-order valence-corrected chi connectivity index (χ2v) is 25.3. The zero-order valence-electron chi connectivity index (χ0n) is 45.8. The minimum absolute atomic E-state index is 0.241. The molecule has 0 aliphatic carbocycles. The fourth-order valence-electron chi connectivity index (χ4n) is 9.41. The summed E-state index contributed by atoms with van der Waals surface area (Å²) in [6.07, 6.45) is 0. The van der Waals surface area contributed by atoms with Crippen LogP contribution in [0.3, 0.4) is 0 Å². The number of nitrogens with zero attached hydrogens (tertiary/aromatic N) is 6. The first-order valence-corrected chi connectivity index (χ1v) is 31.7. The van der Waals surface area contributed by atoms with E-state index in [9.17, 15) is 109 Å². The van der Waals surface area contributed by atoms with Crippen LogP contribution in [-0.4, -0.2) is 97.0 Å². The molecule has 0 fully saturated rings. The summed E-state index contributed by atoms with van der Waals surface area (Å²) >= 11 is 0. The normalized spacial score (nSPS) is 15.8. The molecule has 91 heavy (non-hydrogen) atoms. The molecule has 44 heteroatoms. The highest BCUT2D eigenvalue weighted by Gasteiger charge is 2.27. The molecule has 0 radical (unpaired) electrons. The molecule has 6 heterocycles. The van der Waals surface area contributed by atoms with Gasteiger partial charge in [0.25, 0.3) is 98.0 Å². The Labute approximate surface area is 497 Å². The molecule has 4 N–H and O–H groups in total. The lowest BCUT2D eigenvalue weighted by atomic mass is 10.1. The van der Waals surface area contributed by atoms with Crippen LogP contribution < -0.4 is 97.4 Å². The van der Waals surface area contributed by atoms with Crippen LogP contribution in [0, 0.1) is 11.8 Å². The van der Waals surface area contributed by atoms with Gasteiger partial charge in [-0.05, 0) is 36.4 Å². The molecule has 0 amide bonds. The molecule has 0 saturated heterocycles. The SMILES string of the molecule is O=c1c2cc3c(=O)n(COP(=O)([O-])OCCn4c(=O)c5cc6c(=O)n(COP(=O)([O-])OCCn7c(=O)c8cc9c(=O)n(COP(=O)([O-])OCC(CO)CNF)c(=O)c9cc8c7=O)c(=O)c6cc5c4=O)c(=O)c3cc2c(=O)n1CCOP(=O)([O-])OCC(CO)CNF. The van der Waals surface area contributed by atoms with Gasteiger partial charge in [-0.3, -0.25) is 103 Å². The van der Waals surface area contributed by atoms with E-state index in [-0.39, 0.29) is 9.13 Å². The fraction of sp³-hybridized carbons (Fsp3) is 0.362. The zero-order valence-corrected chi connectivity index (χ0v) is 49.4. The van der Waals surface area contributed by atoms with Crippen LogP contribution in [-0.2, 0) is 94.3 Å². The average molecular weight is 1360 g/mol. The Bertz CT molecular complexity index is 5030. The van der Waals surface area contributed by atoms with Crippen molar-refractivity contribution >= 4 is 95.9 Å². The van der Waals surface area contributed by atoms with E-state index >= 15 is 0 Å². The lowest BCUT2D eigenvalue weighted by Crippen LogP contribution is -2.29. The minimum Gasteiger partial charge on any atom is -0.756 e. The molecule has 6 unspecified atom stereocenters. The number of aliphatic hydroxyl groups is 2. The molecule has 0 bridgehead atoms. The number of aliphatic hydroxyl groups excluding tert-OH is 2. The summed E-state index contributed by atoms with van der Waals surface area (Å²) in [5, 5.41) is 12.8. The van der Waals surface area contributed by atoms with Gasteiger partial charge in [-0.2, -0.15) is 11.1 Å². The summed E-state index contributed by atoms with van der Waals surface area (Å²) in [4.78, 5) is 209. The number of phosphoric ester groups is 4. The predicted octanol–water partition coefficient (Wildman–Crippen LogP) is -6.19. The second-order valence-electron chi connectivity index (χ2n) is 19.7. The van der Waals surface area contributed by atoms with E-state index < -0.39 is 274 Å². The Morgan fingerprint density at radius 1 is 0.341 bits per heavy atom. The Balaban J connectivity index is 0.797. The second kappa shape index (κ2) is 26.7. The van der Waals surface area contributed by atoms with E-state index in [1.807, 2.05) is 0 Å². The number of aromatic nitrogens is 6. The number of halogens is 2. The summed E-state index contributed by atoms with van der Waals surface area (Å²) < 4.78 is 114. The van der Waals surface area contributed by atoms with E-state index in [1.54, 1.807) is 0 Å². The van der Waals surface area contributed by atoms with Crippen molar-refractivity contribution in [1.82, 2.24) is 38.5 Å². The molecule has 9 rings (SSSR count). The molecule has 0 aliphatic rings. The number of hydrogen-bond donors (Lipinski definition) is 4. The smallest absolute Gasteiger partial charge is 0.269 e. The molecule has 38 nitrogen and oxygen atoms in total. The number of fused-ring (bicyclic) bond motifs is 6. The van der Waals surface area contributed by atoms with Crippen molar-refractivity contribution in [3.05, 3.63) is 161 Å². The summed E-state index contributed by atoms with van der Waals surface area (Å²) in [5.41, 5.74) is -11.3. The number of nitrogens with one attached hydrogen (secondary N) is 2. The number of phosphoric acid groups is 4. The van der Waals surface area contributed by atoms with Gasteiger partial charge >= 0.3 is 0 Å². The Morgan fingerprint density at radius 2 is 0.527 bits per heavy atom. The van der Waals surface area contributed by atoms with Gasteiger partial charge in [0.05, 0.1) is 117 Å². The van der Waals surface area contributed by atoms with Gasteiger partial charge in [0.2, 0.25) is 0 Å². The van der Waals surface area contributed by atoms with Crippen LogP contribution in [0.15, 0.2) is 93.9 Å². The van der Waals surface area contributed by atoms with Crippen LogP contribution >= 0.6 is 31.3 Å². The summed E-state index contributed by atoms with van der Waals surface area (Å²) in [7, 11) is -21.4. The third kappa shape index (κ3) is 13.8. The largest absolute Gasteiger partial charge is 0.756 e. The first-order chi connectivity index (χ1) is 42.9. The standard InChI is InChI=1S/C47H46F2N8O30P4/c48-50-13-22(15-58)17-83-88(72,73)80-4-1-52-36(60)24-7-30-31(8-25(24)37(52)61)43(67)55(42(30)66)19-85-89(74,75)81-5-2-53-38(62)26-9-32-33(10-27(26)39(53)63)45(69)56(44(32)68)20-86-90(76,77)82-6-3-54-40(64)28-11-34-35(12-29(28)41(54)65)47(71)57(46(34)70)21-87-91(78,79)84-18-23(16-59)14-51-49/h7-12,22-23,50-51,58-59H,1-6,13-21H2,(H,72,73)(H,74,75)(H,76,77)(H,78,79)/p-4. The lowest BCUT2D eigenvalue weighted by Gasteiger charge is -2.24. The highest BCUT2D eigenvalue weighted by atomic mass is 31.2. The van der Waals surface area contributed by atoms with Crippen molar-refractivity contribution in [3.63, 3.8) is 0 Å². The van der Waals surface area contributed by atoms with Gasteiger partial charge in [0.15, 0.2) is 0 Å². The van der Waals surface area contributed by atoms with Crippen molar-refractivity contribution in [2.45, 2.75) is 39.8 Å². The van der Waals surface area contributed by atoms with Crippen molar-refractivity contribution < 1.29 is 93.2 Å². The average Bonchev–Trinajstić information content (AvgIpc) is 1.61. The maximum absolute atomic E-state index is 13.4. The molecule has 488 valence electrons. The highest BCUT2D eigenvalue weighted by molar-refractivity contribution is 7.46. The molecule has 0 aliphatic heterocycles. The monoisotopic (exact) mass is 1360 g/mol. The Kier molecular flexibility index (Phi) is 20.0. The molecular weight excluding hydrogens is 1320 g/mol. The van der Waals surface area contributed by atoms with E-state index in [0.29, 0.717) is 18.3 Å². The summed E-state index contributed by atoms with van der Waals surface area (Å²) in [6, 6.07) is 5.09. The molecule has 6 atom stereocenters. The first-order valence-electron chi connectivity index (χ1n) is 25.9. The van der Waals surface area contributed by atoms with Crippen molar-refractivity contribution in [2.24, 2.45) is 11.8 Å². The van der Waals surface area contributed by atoms with Gasteiger partial charge < -0.3 is 52.4 Å². The number of hydrogen-bond acceptors (Lipinski definition) is 32. The molecule has 6 aromatic heterocycles. The number of benzene rings is 3. The highest BCUT2D eigenvalue weighted by Crippen LogP contribution is 2.41. The number of rotatable bonds is 33. The van der Waals surface area contributed by atoms with E-state index in [4.69, 9.17) is 23.2 Å². The van der Waals surface area contributed by atoms with Crippen LogP contribution in [0.5, 0.6) is 0 Å².